The Morgan fingerprint density at radius 3 is 2.04 bits per heavy atom. The molecule has 18 heteroatoms. The van der Waals surface area contributed by atoms with Gasteiger partial charge in [-0.1, -0.05) is 30.3 Å². The predicted octanol–water partition coefficient (Wildman–Crippen LogP) is 1.83. The highest BCUT2D eigenvalue weighted by molar-refractivity contribution is 7.89. The molecule has 2 aromatic carbocycles. The smallest absolute Gasteiger partial charge is 0.490 e. The molecule has 0 saturated heterocycles. The number of aliphatic carboxylic acids is 2. The number of alkyl carbamates (subject to hydrolysis) is 1. The first-order valence-electron chi connectivity index (χ1n) is 13.2. The van der Waals surface area contributed by atoms with Crippen LogP contribution in [0.1, 0.15) is 29.5 Å². The summed E-state index contributed by atoms with van der Waals surface area (Å²) in [7, 11) is -4.12. The molecule has 7 N–H and O–H groups in total. The van der Waals surface area contributed by atoms with Gasteiger partial charge >= 0.3 is 24.2 Å². The zero-order valence-corrected chi connectivity index (χ0v) is 25.2. The van der Waals surface area contributed by atoms with Crippen LogP contribution in [-0.2, 0) is 35.8 Å². The van der Waals surface area contributed by atoms with Crippen LogP contribution in [-0.4, -0.2) is 81.0 Å². The summed E-state index contributed by atoms with van der Waals surface area (Å²) in [5.41, 5.74) is 6.97. The summed E-state index contributed by atoms with van der Waals surface area (Å²) in [6, 6.07) is 10.9. The van der Waals surface area contributed by atoms with Crippen molar-refractivity contribution in [1.82, 2.24) is 15.4 Å². The molecule has 0 heterocycles. The van der Waals surface area contributed by atoms with Gasteiger partial charge < -0.3 is 36.1 Å². The van der Waals surface area contributed by atoms with Crippen molar-refractivity contribution in [3.63, 3.8) is 0 Å². The second kappa shape index (κ2) is 18.4. The highest BCUT2D eigenvalue weighted by atomic mass is 32.2. The van der Waals surface area contributed by atoms with Gasteiger partial charge in [-0.15, -0.1) is 0 Å². The third-order valence-electron chi connectivity index (χ3n) is 5.52. The summed E-state index contributed by atoms with van der Waals surface area (Å²) in [6.07, 6.45) is -5.05. The summed E-state index contributed by atoms with van der Waals surface area (Å²) in [4.78, 5) is 43.7. The van der Waals surface area contributed by atoms with E-state index in [-0.39, 0.29) is 50.1 Å². The first-order chi connectivity index (χ1) is 21.0. The van der Waals surface area contributed by atoms with Crippen LogP contribution >= 0.6 is 0 Å². The zero-order chi connectivity index (χ0) is 34.2. The van der Waals surface area contributed by atoms with E-state index >= 15 is 0 Å². The van der Waals surface area contributed by atoms with E-state index in [1.807, 2.05) is 30.3 Å². The number of ether oxygens (including phenoxy) is 2. The molecule has 2 rings (SSSR count). The molecule has 0 bridgehead atoms. The molecule has 1 atom stereocenters. The fraction of sp³-hybridized carbons (Fsp3) is 0.407. The predicted molar refractivity (Wildman–Crippen MR) is 153 cm³/mol. The van der Waals surface area contributed by atoms with Crippen LogP contribution in [0.3, 0.4) is 0 Å². The van der Waals surface area contributed by atoms with Gasteiger partial charge in [-0.3, -0.25) is 9.59 Å². The third kappa shape index (κ3) is 14.7. The number of aryl methyl sites for hydroxylation is 2. The number of benzene rings is 2. The van der Waals surface area contributed by atoms with E-state index in [4.69, 9.17) is 30.2 Å². The number of alkyl halides is 3. The van der Waals surface area contributed by atoms with Gasteiger partial charge in [0.25, 0.3) is 0 Å². The Morgan fingerprint density at radius 2 is 1.53 bits per heavy atom. The van der Waals surface area contributed by atoms with Gasteiger partial charge in [0, 0.05) is 26.1 Å². The quantitative estimate of drug-likeness (QED) is 0.151. The molecule has 14 nitrogen and oxygen atoms in total. The van der Waals surface area contributed by atoms with Crippen LogP contribution in [0, 0.1) is 13.8 Å². The minimum absolute atomic E-state index is 0.0403. The van der Waals surface area contributed by atoms with Crippen molar-refractivity contribution in [1.29, 1.82) is 0 Å². The molecular formula is C27H35F3N4O10S. The molecule has 0 fully saturated rings. The SMILES string of the molecule is Cc1cc(OCCCC(=O)NCCNC(=O)OCc2ccccc2)cc(C)c1S(=O)(=O)NC(CN)C(=O)O.O=C(O)C(F)(F)F. The molecule has 2 aromatic rings. The number of rotatable bonds is 15. The van der Waals surface area contributed by atoms with Crippen LogP contribution in [0.2, 0.25) is 0 Å². The van der Waals surface area contributed by atoms with Gasteiger partial charge in [0.15, 0.2) is 0 Å². The lowest BCUT2D eigenvalue weighted by Gasteiger charge is -2.17. The average Bonchev–Trinajstić information content (AvgIpc) is 2.95. The number of amides is 2. The lowest BCUT2D eigenvalue weighted by Crippen LogP contribution is -2.45. The van der Waals surface area contributed by atoms with E-state index in [1.165, 1.54) is 12.1 Å². The molecule has 0 aromatic heterocycles. The van der Waals surface area contributed by atoms with Crippen LogP contribution in [0.4, 0.5) is 18.0 Å². The Morgan fingerprint density at radius 1 is 0.978 bits per heavy atom. The Labute approximate surface area is 257 Å². The van der Waals surface area contributed by atoms with Crippen molar-refractivity contribution in [2.24, 2.45) is 5.73 Å². The number of hydrogen-bond acceptors (Lipinski definition) is 9. The normalized spacial score (nSPS) is 11.8. The molecule has 250 valence electrons. The molecule has 0 aliphatic heterocycles. The average molecular weight is 665 g/mol. The molecule has 45 heavy (non-hydrogen) atoms. The summed E-state index contributed by atoms with van der Waals surface area (Å²) < 4.78 is 70.0. The topological polar surface area (TPSA) is 223 Å². The summed E-state index contributed by atoms with van der Waals surface area (Å²) in [5, 5.41) is 21.5. The number of nitrogens with one attached hydrogen (secondary N) is 3. The molecule has 0 saturated carbocycles. The number of carboxylic acids is 2. The summed E-state index contributed by atoms with van der Waals surface area (Å²) in [6.45, 7) is 3.60. The van der Waals surface area contributed by atoms with Gasteiger partial charge in [-0.05, 0) is 49.1 Å². The van der Waals surface area contributed by atoms with Crippen LogP contribution in [0.25, 0.3) is 0 Å². The Bertz CT molecular complexity index is 1380. The van der Waals surface area contributed by atoms with Gasteiger partial charge in [-0.25, -0.2) is 18.0 Å². The highest BCUT2D eigenvalue weighted by Crippen LogP contribution is 2.26. The maximum atomic E-state index is 12.7. The lowest BCUT2D eigenvalue weighted by atomic mass is 10.1. The van der Waals surface area contributed by atoms with Gasteiger partial charge in [0.1, 0.15) is 18.4 Å². The monoisotopic (exact) mass is 664 g/mol. The number of carbonyl (C=O) groups is 4. The number of hydrogen-bond donors (Lipinski definition) is 6. The fourth-order valence-electron chi connectivity index (χ4n) is 3.52. The molecule has 0 aliphatic carbocycles. The highest BCUT2D eigenvalue weighted by Gasteiger charge is 2.38. The van der Waals surface area contributed by atoms with Crippen LogP contribution in [0.5, 0.6) is 5.75 Å². The van der Waals surface area contributed by atoms with Crippen molar-refractivity contribution in [3.05, 3.63) is 59.2 Å². The van der Waals surface area contributed by atoms with E-state index in [0.29, 0.717) is 23.3 Å². The second-order valence-electron chi connectivity index (χ2n) is 9.23. The van der Waals surface area contributed by atoms with E-state index in [1.54, 1.807) is 13.8 Å². The lowest BCUT2D eigenvalue weighted by molar-refractivity contribution is -0.192. The van der Waals surface area contributed by atoms with Crippen LogP contribution < -0.4 is 25.8 Å². The van der Waals surface area contributed by atoms with E-state index in [2.05, 4.69) is 15.4 Å². The Balaban J connectivity index is 0.00000129. The molecule has 1 unspecified atom stereocenters. The molecule has 0 spiro atoms. The molecule has 0 aliphatic rings. The Hall–Kier alpha value is -4.42. The van der Waals surface area contributed by atoms with Crippen molar-refractivity contribution < 1.29 is 60.5 Å². The van der Waals surface area contributed by atoms with Crippen molar-refractivity contribution >= 4 is 34.0 Å². The Kier molecular flexibility index (Phi) is 15.8. The van der Waals surface area contributed by atoms with Crippen LogP contribution in [0.15, 0.2) is 47.4 Å². The number of nitrogens with two attached hydrogens (primary N) is 1. The standard InChI is InChI=1S/C25H34N4O8S.C2HF3O2/c1-17-13-20(14-18(2)23(17)38(34,35)29-21(15-26)24(31)32)36-12-6-9-22(30)27-10-11-28-25(33)37-16-19-7-4-3-5-8-19;3-2(4,5)1(6)7/h3-5,7-8,13-14,21,29H,6,9-12,15-16,26H2,1-2H3,(H,27,30)(H,28,33)(H,31,32);(H,6,7). The van der Waals surface area contributed by atoms with Gasteiger partial charge in [-0.2, -0.15) is 17.9 Å². The van der Waals surface area contributed by atoms with E-state index < -0.39 is 40.3 Å². The van der Waals surface area contributed by atoms with Crippen molar-refractivity contribution in [2.75, 3.05) is 26.2 Å². The molecule has 2 amide bonds. The summed E-state index contributed by atoms with van der Waals surface area (Å²) in [5.74, 6) is -3.91. The maximum absolute atomic E-state index is 12.7. The molecular weight excluding hydrogens is 629 g/mol. The van der Waals surface area contributed by atoms with E-state index in [9.17, 15) is 36.0 Å². The van der Waals surface area contributed by atoms with Crippen molar-refractivity contribution in [3.8, 4) is 5.75 Å². The molecule has 0 radical (unpaired) electrons. The summed E-state index contributed by atoms with van der Waals surface area (Å²) >= 11 is 0. The minimum atomic E-state index is -5.08. The minimum Gasteiger partial charge on any atom is -0.494 e. The fourth-order valence-corrected chi connectivity index (χ4v) is 5.17. The van der Waals surface area contributed by atoms with E-state index in [0.717, 1.165) is 5.56 Å². The van der Waals surface area contributed by atoms with Crippen molar-refractivity contribution in [2.45, 2.75) is 50.4 Å². The number of halogens is 3. The second-order valence-corrected chi connectivity index (χ2v) is 10.9. The maximum Gasteiger partial charge on any atom is 0.490 e. The first kappa shape index (κ1) is 38.6. The zero-order valence-electron chi connectivity index (χ0n) is 24.3. The number of sulfonamides is 1. The number of carboxylic acid groups (broad SMARTS) is 2. The van der Waals surface area contributed by atoms with Gasteiger partial charge in [0.05, 0.1) is 11.5 Å². The number of carbonyl (C=O) groups excluding carboxylic acids is 2. The largest absolute Gasteiger partial charge is 0.494 e. The van der Waals surface area contributed by atoms with Gasteiger partial charge in [0.2, 0.25) is 15.9 Å². The third-order valence-corrected chi connectivity index (χ3v) is 7.30. The first-order valence-corrected chi connectivity index (χ1v) is 14.7.